The zero-order valence-electron chi connectivity index (χ0n) is 13.5. The van der Waals surface area contributed by atoms with E-state index in [4.69, 9.17) is 5.41 Å². The van der Waals surface area contributed by atoms with Gasteiger partial charge >= 0.3 is 0 Å². The van der Waals surface area contributed by atoms with Crippen LogP contribution in [0.1, 0.15) is 65.2 Å². The van der Waals surface area contributed by atoms with Gasteiger partial charge < -0.3 is 10.5 Å². The van der Waals surface area contributed by atoms with Crippen LogP contribution in [0.3, 0.4) is 0 Å². The van der Waals surface area contributed by atoms with Crippen LogP contribution in [0.25, 0.3) is 0 Å². The fourth-order valence-electron chi connectivity index (χ4n) is 6.77. The third-order valence-electron chi connectivity index (χ3n) is 7.91. The molecule has 0 saturated heterocycles. The van der Waals surface area contributed by atoms with E-state index < -0.39 is 0 Å². The Bertz CT molecular complexity index is 510. The predicted octanol–water partition coefficient (Wildman–Crippen LogP) is 4.33. The second kappa shape index (κ2) is 4.44. The molecule has 2 nitrogen and oxygen atoms in total. The number of hydrogen-bond acceptors (Lipinski definition) is 2. The zero-order valence-corrected chi connectivity index (χ0v) is 13.5. The molecule has 6 atom stereocenters. The van der Waals surface area contributed by atoms with Gasteiger partial charge in [0.15, 0.2) is 0 Å². The Kier molecular flexibility index (Phi) is 2.96. The van der Waals surface area contributed by atoms with Gasteiger partial charge in [-0.25, -0.2) is 0 Å². The molecule has 0 amide bonds. The normalized spacial score (nSPS) is 52.7. The summed E-state index contributed by atoms with van der Waals surface area (Å²) in [5.41, 5.74) is 3.16. The van der Waals surface area contributed by atoms with Crippen LogP contribution in [0, 0.1) is 34.0 Å². The largest absolute Gasteiger partial charge is 0.393 e. The Hall–Kier alpha value is -0.630. The van der Waals surface area contributed by atoms with Crippen LogP contribution >= 0.6 is 0 Å². The van der Waals surface area contributed by atoms with Crippen molar-refractivity contribution in [3.05, 3.63) is 11.6 Å². The second-order valence-corrected chi connectivity index (χ2v) is 8.66. The van der Waals surface area contributed by atoms with Crippen molar-refractivity contribution in [1.82, 2.24) is 0 Å². The number of hydrogen-bond donors (Lipinski definition) is 2. The predicted molar refractivity (Wildman–Crippen MR) is 85.4 cm³/mol. The number of nitrogens with one attached hydrogen (secondary N) is 1. The van der Waals surface area contributed by atoms with Gasteiger partial charge in [0.1, 0.15) is 0 Å². The van der Waals surface area contributed by atoms with Gasteiger partial charge in [-0.15, -0.1) is 0 Å². The van der Waals surface area contributed by atoms with Crippen molar-refractivity contribution >= 4 is 5.71 Å². The third-order valence-corrected chi connectivity index (χ3v) is 7.91. The molecule has 3 fully saturated rings. The zero-order chi connectivity index (χ0) is 14.8. The van der Waals surface area contributed by atoms with Crippen LogP contribution in [0.15, 0.2) is 11.6 Å². The molecule has 0 aromatic rings. The summed E-state index contributed by atoms with van der Waals surface area (Å²) in [7, 11) is 0. The molecule has 6 unspecified atom stereocenters. The van der Waals surface area contributed by atoms with Crippen molar-refractivity contribution < 1.29 is 5.11 Å². The van der Waals surface area contributed by atoms with E-state index in [9.17, 15) is 5.11 Å². The first-order valence-corrected chi connectivity index (χ1v) is 8.92. The molecular formula is C19H29NO. The minimum absolute atomic E-state index is 0.0305. The van der Waals surface area contributed by atoms with Gasteiger partial charge in [0.05, 0.1) is 6.10 Å². The van der Waals surface area contributed by atoms with E-state index in [0.717, 1.165) is 30.4 Å². The van der Waals surface area contributed by atoms with Gasteiger partial charge in [-0.05, 0) is 86.0 Å². The van der Waals surface area contributed by atoms with E-state index in [0.29, 0.717) is 16.7 Å². The minimum Gasteiger partial charge on any atom is -0.393 e. The summed E-state index contributed by atoms with van der Waals surface area (Å²) in [6.07, 6.45) is 11.6. The lowest BCUT2D eigenvalue weighted by Crippen LogP contribution is -2.53. The molecule has 0 radical (unpaired) electrons. The van der Waals surface area contributed by atoms with Crippen LogP contribution in [0.2, 0.25) is 0 Å². The number of allylic oxidation sites excluding steroid dienone is 2. The van der Waals surface area contributed by atoms with Gasteiger partial charge in [0.2, 0.25) is 0 Å². The van der Waals surface area contributed by atoms with Gasteiger partial charge in [0, 0.05) is 5.71 Å². The maximum absolute atomic E-state index is 10.3. The van der Waals surface area contributed by atoms with Gasteiger partial charge in [0.25, 0.3) is 0 Å². The molecule has 0 bridgehead atoms. The summed E-state index contributed by atoms with van der Waals surface area (Å²) < 4.78 is 0. The smallest absolute Gasteiger partial charge is 0.0571 e. The quantitative estimate of drug-likeness (QED) is 0.684. The number of aliphatic hydroxyl groups excluding tert-OH is 1. The standard InChI is InChI=1S/C19H29NO/c1-18-10-8-13(20)11-12(18)7-9-19(2)15-4-5-16(21)14(15)3-6-17(18)19/h11,14-17,20-21H,3-10H2,1-2H3. The lowest BCUT2D eigenvalue weighted by Gasteiger charge is -2.61. The average Bonchev–Trinajstić information content (AvgIpc) is 2.83. The van der Waals surface area contributed by atoms with Crippen LogP contribution in [-0.2, 0) is 0 Å². The molecule has 4 aliphatic carbocycles. The first-order valence-electron chi connectivity index (χ1n) is 8.92. The van der Waals surface area contributed by atoms with Crippen molar-refractivity contribution in [1.29, 1.82) is 5.41 Å². The molecule has 2 N–H and O–H groups in total. The lowest BCUT2D eigenvalue weighted by atomic mass is 9.44. The molecule has 4 rings (SSSR count). The van der Waals surface area contributed by atoms with Gasteiger partial charge in [-0.2, -0.15) is 0 Å². The molecule has 0 aromatic heterocycles. The monoisotopic (exact) mass is 287 g/mol. The van der Waals surface area contributed by atoms with E-state index in [-0.39, 0.29) is 6.10 Å². The molecule has 3 saturated carbocycles. The molecular weight excluding hydrogens is 258 g/mol. The molecule has 0 aliphatic heterocycles. The van der Waals surface area contributed by atoms with Crippen LogP contribution in [-0.4, -0.2) is 16.9 Å². The summed E-state index contributed by atoms with van der Waals surface area (Å²) >= 11 is 0. The maximum Gasteiger partial charge on any atom is 0.0571 e. The molecule has 0 aromatic carbocycles. The molecule has 0 heterocycles. The van der Waals surface area contributed by atoms with E-state index in [1.54, 1.807) is 5.57 Å². The Morgan fingerprint density at radius 3 is 2.71 bits per heavy atom. The molecule has 116 valence electrons. The van der Waals surface area contributed by atoms with Crippen molar-refractivity contribution in [2.24, 2.45) is 28.6 Å². The topological polar surface area (TPSA) is 44.1 Å². The summed E-state index contributed by atoms with van der Waals surface area (Å²) in [5.74, 6) is 2.08. The lowest BCUT2D eigenvalue weighted by molar-refractivity contribution is -0.0864. The third kappa shape index (κ3) is 1.78. The minimum atomic E-state index is -0.0305. The highest BCUT2D eigenvalue weighted by Crippen LogP contribution is 2.67. The molecule has 2 heteroatoms. The van der Waals surface area contributed by atoms with E-state index in [2.05, 4.69) is 19.9 Å². The first kappa shape index (κ1) is 14.0. The Labute approximate surface area is 128 Å². The van der Waals surface area contributed by atoms with Gasteiger partial charge in [-0.3, -0.25) is 0 Å². The van der Waals surface area contributed by atoms with Crippen molar-refractivity contribution in [3.8, 4) is 0 Å². The number of fused-ring (bicyclic) bond motifs is 5. The summed E-state index contributed by atoms with van der Waals surface area (Å²) in [6, 6.07) is 0. The summed E-state index contributed by atoms with van der Waals surface area (Å²) in [5, 5.41) is 18.3. The molecule has 4 aliphatic rings. The number of rotatable bonds is 0. The number of aliphatic hydroxyl groups is 1. The molecule has 0 spiro atoms. The van der Waals surface area contributed by atoms with Crippen molar-refractivity contribution in [3.63, 3.8) is 0 Å². The van der Waals surface area contributed by atoms with Crippen molar-refractivity contribution in [2.75, 3.05) is 0 Å². The molecule has 21 heavy (non-hydrogen) atoms. The van der Waals surface area contributed by atoms with Gasteiger partial charge in [-0.1, -0.05) is 19.4 Å². The highest BCUT2D eigenvalue weighted by atomic mass is 16.3. The van der Waals surface area contributed by atoms with Crippen molar-refractivity contribution in [2.45, 2.75) is 71.3 Å². The van der Waals surface area contributed by atoms with E-state index in [1.165, 1.54) is 38.5 Å². The Morgan fingerprint density at radius 1 is 1.10 bits per heavy atom. The fraction of sp³-hybridized carbons (Fsp3) is 0.842. The summed E-state index contributed by atoms with van der Waals surface area (Å²) in [6.45, 7) is 5.02. The Morgan fingerprint density at radius 2 is 1.90 bits per heavy atom. The summed E-state index contributed by atoms with van der Waals surface area (Å²) in [4.78, 5) is 0. The fourth-order valence-corrected chi connectivity index (χ4v) is 6.77. The maximum atomic E-state index is 10.3. The highest BCUT2D eigenvalue weighted by Gasteiger charge is 2.59. The van der Waals surface area contributed by atoms with E-state index >= 15 is 0 Å². The van der Waals surface area contributed by atoms with Crippen LogP contribution in [0.4, 0.5) is 0 Å². The second-order valence-electron chi connectivity index (χ2n) is 8.66. The first-order chi connectivity index (χ1) is 9.95. The SMILES string of the molecule is CC12CCC(=N)C=C1CCC1(C)C3CCC(O)C3CCC21. The average molecular weight is 287 g/mol. The Balaban J connectivity index is 1.73. The highest BCUT2D eigenvalue weighted by molar-refractivity contribution is 5.94. The van der Waals surface area contributed by atoms with E-state index in [1.807, 2.05) is 0 Å². The van der Waals surface area contributed by atoms with Crippen LogP contribution in [0.5, 0.6) is 0 Å². The van der Waals surface area contributed by atoms with Crippen LogP contribution < -0.4 is 0 Å².